The average molecular weight is 309 g/mol. The zero-order chi connectivity index (χ0) is 15.5. The first-order chi connectivity index (χ1) is 8.10. The van der Waals surface area contributed by atoms with Crippen LogP contribution in [0.3, 0.4) is 0 Å². The molecule has 0 fully saturated rings. The van der Waals surface area contributed by atoms with Gasteiger partial charge in [0.2, 0.25) is 5.39 Å². The Morgan fingerprint density at radius 1 is 1.21 bits per heavy atom. The van der Waals surface area contributed by atoms with Crippen molar-refractivity contribution < 1.29 is 30.1 Å². The van der Waals surface area contributed by atoms with Crippen molar-refractivity contribution in [2.24, 2.45) is 0 Å². The van der Waals surface area contributed by atoms with E-state index in [0.29, 0.717) is 5.56 Å². The fraction of sp³-hybridized carbons (Fsp3) is 0.143. The Bertz CT molecular complexity index is 538. The van der Waals surface area contributed by atoms with Gasteiger partial charge < -0.3 is 0 Å². The van der Waals surface area contributed by atoms with E-state index in [-0.39, 0.29) is 11.4 Å². The molecule has 0 radical (unpaired) electrons. The molecule has 0 amide bonds. The van der Waals surface area contributed by atoms with Crippen molar-refractivity contribution in [1.29, 1.82) is 5.39 Å². The third kappa shape index (κ3) is 10.9. The van der Waals surface area contributed by atoms with E-state index in [1.165, 1.54) is 18.2 Å². The van der Waals surface area contributed by atoms with Crippen LogP contribution in [0.5, 0.6) is 0 Å². The maximum atomic E-state index is 10.4. The summed E-state index contributed by atoms with van der Waals surface area (Å²) in [6.45, 7) is 1.62. The molecule has 0 bridgehead atoms. The van der Waals surface area contributed by atoms with Crippen LogP contribution in [0.4, 0.5) is 36.6 Å². The van der Waals surface area contributed by atoms with Crippen LogP contribution >= 0.6 is 7.81 Å². The molecule has 0 unspecified atom stereocenters. The fourth-order valence-electron chi connectivity index (χ4n) is 0.857. The molecule has 0 aliphatic rings. The molecule has 0 atom stereocenters. The van der Waals surface area contributed by atoms with E-state index >= 15 is 0 Å². The number of nitro groups is 1. The number of hydrogen-bond acceptors (Lipinski definition) is 3. The number of hydrogen-bond donors (Lipinski definition) is 0. The van der Waals surface area contributed by atoms with E-state index < -0.39 is 12.7 Å². The Hall–Kier alpha value is -1.95. The summed E-state index contributed by atoms with van der Waals surface area (Å²) >= 11 is 0. The van der Waals surface area contributed by atoms with Gasteiger partial charge in [-0.3, -0.25) is 10.1 Å². The summed E-state index contributed by atoms with van der Waals surface area (Å²) in [6.07, 6.45) is 0. The number of halogens is 6. The molecular formula is C7H6F6N3O2P. The zero-order valence-electron chi connectivity index (χ0n) is 9.11. The zero-order valence-corrected chi connectivity index (χ0v) is 10.00. The topological polar surface area (TPSA) is 71.3 Å². The number of diazo groups is 1. The van der Waals surface area contributed by atoms with Crippen LogP contribution in [0.2, 0.25) is 0 Å². The van der Waals surface area contributed by atoms with Crippen LogP contribution < -0.4 is 0 Å². The van der Waals surface area contributed by atoms with Crippen LogP contribution in [0.15, 0.2) is 18.2 Å². The first-order valence-electron chi connectivity index (χ1n) is 4.26. The van der Waals surface area contributed by atoms with Gasteiger partial charge in [0.05, 0.1) is 4.92 Å². The molecule has 5 nitrogen and oxygen atoms in total. The number of nitrogens with zero attached hydrogens (tertiary/aromatic N) is 3. The van der Waals surface area contributed by atoms with Crippen molar-refractivity contribution in [1.82, 2.24) is 0 Å². The van der Waals surface area contributed by atoms with E-state index in [2.05, 4.69) is 4.98 Å². The Kier molecular flexibility index (Phi) is 3.87. The molecule has 1 rings (SSSR count). The van der Waals surface area contributed by atoms with Crippen molar-refractivity contribution in [2.45, 2.75) is 6.92 Å². The van der Waals surface area contributed by atoms with E-state index in [4.69, 9.17) is 5.39 Å². The molecule has 0 aliphatic heterocycles. The van der Waals surface area contributed by atoms with Crippen molar-refractivity contribution in [3.63, 3.8) is 0 Å². The summed E-state index contributed by atoms with van der Waals surface area (Å²) in [7, 11) is -10.7. The van der Waals surface area contributed by atoms with Gasteiger partial charge in [0.15, 0.2) is 4.98 Å². The molecule has 108 valence electrons. The summed E-state index contributed by atoms with van der Waals surface area (Å²) in [6, 6.07) is 4.25. The quantitative estimate of drug-likeness (QED) is 0.217. The van der Waals surface area contributed by atoms with Gasteiger partial charge in [0.1, 0.15) is 6.07 Å². The van der Waals surface area contributed by atoms with Crippen LogP contribution in [0.25, 0.3) is 4.98 Å². The van der Waals surface area contributed by atoms with Gasteiger partial charge in [-0.2, -0.15) is 0 Å². The first-order valence-corrected chi connectivity index (χ1v) is 6.29. The van der Waals surface area contributed by atoms with Gasteiger partial charge in [0, 0.05) is 11.6 Å². The summed E-state index contributed by atoms with van der Waals surface area (Å²) < 4.78 is 59.2. The Morgan fingerprint density at radius 2 is 1.63 bits per heavy atom. The standard InChI is InChI=1S/C7H6N3O2.F6P/c1-5-2-3-6(9-8)4-7(5)10(11)12;1-7(2,3,4,5)6/h2-4H,1H3;/q+1;-1. The van der Waals surface area contributed by atoms with E-state index in [9.17, 15) is 35.3 Å². The molecule has 1 aromatic carbocycles. The molecule has 1 aromatic rings. The number of aryl methyl sites for hydroxylation is 1. The fourth-order valence-corrected chi connectivity index (χ4v) is 0.857. The second-order valence-corrected chi connectivity index (χ2v) is 5.20. The van der Waals surface area contributed by atoms with Crippen LogP contribution in [-0.4, -0.2) is 4.92 Å². The van der Waals surface area contributed by atoms with Gasteiger partial charge in [-0.1, -0.05) is 0 Å². The van der Waals surface area contributed by atoms with Gasteiger partial charge in [-0.25, -0.2) is 0 Å². The predicted octanol–water partition coefficient (Wildman–Crippen LogP) is 5.77. The second kappa shape index (κ2) is 4.31. The minimum atomic E-state index is -10.7. The van der Waals surface area contributed by atoms with Crippen molar-refractivity contribution >= 4 is 19.2 Å². The molecule has 0 aromatic heterocycles. The molecule has 0 N–H and O–H groups in total. The third-order valence-electron chi connectivity index (χ3n) is 1.50. The molecule has 19 heavy (non-hydrogen) atoms. The molecular weight excluding hydrogens is 303 g/mol. The summed E-state index contributed by atoms with van der Waals surface area (Å²) in [4.78, 5) is 12.7. The molecule has 12 heteroatoms. The normalized spacial score (nSPS) is 14.2. The van der Waals surface area contributed by atoms with Crippen molar-refractivity contribution in [2.75, 3.05) is 0 Å². The van der Waals surface area contributed by atoms with Crippen molar-refractivity contribution in [3.05, 3.63) is 38.9 Å². The van der Waals surface area contributed by atoms with Gasteiger partial charge >= 0.3 is 38.7 Å². The second-order valence-electron chi connectivity index (χ2n) is 3.29. The minimum absolute atomic E-state index is 0.0368. The van der Waals surface area contributed by atoms with Crippen LogP contribution in [0, 0.1) is 22.4 Å². The van der Waals surface area contributed by atoms with Gasteiger partial charge in [-0.15, -0.1) is 0 Å². The third-order valence-corrected chi connectivity index (χ3v) is 1.50. The first kappa shape index (κ1) is 17.1. The van der Waals surface area contributed by atoms with E-state index in [1.807, 2.05) is 0 Å². The SMILES string of the molecule is Cc1ccc([N+]#N)cc1[N+](=O)[O-].F[P-](F)(F)(F)(F)F. The Labute approximate surface area is 101 Å². The molecule has 0 saturated heterocycles. The maximum absolute atomic E-state index is 10.7. The molecule has 0 spiro atoms. The number of benzene rings is 1. The Morgan fingerprint density at radius 3 is 1.95 bits per heavy atom. The predicted molar refractivity (Wildman–Crippen MR) is 56.1 cm³/mol. The molecule has 0 heterocycles. The average Bonchev–Trinajstić information content (AvgIpc) is 2.13. The summed E-state index contributed by atoms with van der Waals surface area (Å²) in [5, 5.41) is 18.7. The molecule has 0 aliphatic carbocycles. The van der Waals surface area contributed by atoms with Gasteiger partial charge in [0.25, 0.3) is 5.69 Å². The van der Waals surface area contributed by atoms with Crippen molar-refractivity contribution in [3.8, 4) is 0 Å². The monoisotopic (exact) mass is 309 g/mol. The van der Waals surface area contributed by atoms with Crippen LogP contribution in [0.1, 0.15) is 5.56 Å². The summed E-state index contributed by atoms with van der Waals surface area (Å²) in [5.74, 6) is 0. The van der Waals surface area contributed by atoms with Gasteiger partial charge in [-0.05, 0) is 13.0 Å². The number of nitro benzene ring substituents is 1. The Balaban J connectivity index is 0.000000399. The van der Waals surface area contributed by atoms with Crippen LogP contribution in [-0.2, 0) is 0 Å². The number of rotatable bonds is 1. The summed E-state index contributed by atoms with van der Waals surface area (Å²) in [5.41, 5.74) is 0.699. The van der Waals surface area contributed by atoms with E-state index in [1.54, 1.807) is 6.92 Å². The van der Waals surface area contributed by atoms with E-state index in [0.717, 1.165) is 0 Å². The molecule has 0 saturated carbocycles.